The zero-order valence-electron chi connectivity index (χ0n) is 11.7. The van der Waals surface area contributed by atoms with Crippen molar-refractivity contribution < 1.29 is 9.53 Å². The number of ether oxygens (including phenoxy) is 1. The van der Waals surface area contributed by atoms with Gasteiger partial charge in [-0.2, -0.15) is 0 Å². The first kappa shape index (κ1) is 13.1. The Labute approximate surface area is 117 Å². The second-order valence-corrected chi connectivity index (χ2v) is 4.94. The third-order valence-electron chi connectivity index (χ3n) is 3.92. The Morgan fingerprint density at radius 3 is 3.05 bits per heavy atom. The normalized spacial score (nSPS) is 19.6. The molecule has 106 valence electrons. The van der Waals surface area contributed by atoms with Gasteiger partial charge in [0.1, 0.15) is 5.69 Å². The Morgan fingerprint density at radius 1 is 1.45 bits per heavy atom. The van der Waals surface area contributed by atoms with Crippen molar-refractivity contribution in [2.24, 2.45) is 0 Å². The molecule has 0 aliphatic carbocycles. The highest BCUT2D eigenvalue weighted by atomic mass is 16.5. The molecule has 0 saturated carbocycles. The van der Waals surface area contributed by atoms with E-state index in [1.807, 2.05) is 10.5 Å². The van der Waals surface area contributed by atoms with Crippen molar-refractivity contribution in [3.63, 3.8) is 0 Å². The van der Waals surface area contributed by atoms with Crippen LogP contribution < -0.4 is 0 Å². The monoisotopic (exact) mass is 274 g/mol. The Kier molecular flexibility index (Phi) is 3.40. The fourth-order valence-corrected chi connectivity index (χ4v) is 2.94. The first-order chi connectivity index (χ1) is 9.76. The molecule has 0 bridgehead atoms. The molecule has 0 N–H and O–H groups in total. The zero-order chi connectivity index (χ0) is 14.1. The van der Waals surface area contributed by atoms with Crippen LogP contribution in [0.2, 0.25) is 0 Å². The van der Waals surface area contributed by atoms with Gasteiger partial charge in [0.15, 0.2) is 11.5 Å². The summed E-state index contributed by atoms with van der Waals surface area (Å²) >= 11 is 0. The fourth-order valence-electron chi connectivity index (χ4n) is 2.94. The number of likely N-dealkylation sites (tertiary alicyclic amines) is 1. The summed E-state index contributed by atoms with van der Waals surface area (Å²) in [6, 6.07) is 5.62. The molecule has 1 aliphatic rings. The van der Waals surface area contributed by atoms with E-state index in [9.17, 15) is 4.79 Å². The second kappa shape index (κ2) is 5.20. The molecule has 2 aromatic heterocycles. The highest BCUT2D eigenvalue weighted by molar-refractivity contribution is 5.88. The van der Waals surface area contributed by atoms with E-state index in [2.05, 4.69) is 22.0 Å². The third kappa shape index (κ3) is 1.96. The first-order valence-electron chi connectivity index (χ1n) is 6.92. The minimum Gasteiger partial charge on any atom is -0.464 e. The lowest BCUT2D eigenvalue weighted by Crippen LogP contribution is -2.25. The molecule has 2 aromatic rings. The van der Waals surface area contributed by atoms with E-state index >= 15 is 0 Å². The summed E-state index contributed by atoms with van der Waals surface area (Å²) in [4.78, 5) is 14.3. The van der Waals surface area contributed by atoms with E-state index in [1.165, 1.54) is 7.11 Å². The van der Waals surface area contributed by atoms with Crippen LogP contribution in [0.25, 0.3) is 5.65 Å². The maximum absolute atomic E-state index is 11.9. The lowest BCUT2D eigenvalue weighted by molar-refractivity contribution is 0.0591. The Morgan fingerprint density at radius 2 is 2.30 bits per heavy atom. The number of carbonyl (C=O) groups is 1. The summed E-state index contributed by atoms with van der Waals surface area (Å²) < 4.78 is 6.68. The van der Waals surface area contributed by atoms with Crippen molar-refractivity contribution in [3.05, 3.63) is 29.7 Å². The minimum atomic E-state index is -0.363. The highest BCUT2D eigenvalue weighted by Gasteiger charge is 2.30. The molecular formula is C14H18N4O2. The molecule has 6 heteroatoms. The van der Waals surface area contributed by atoms with Gasteiger partial charge >= 0.3 is 5.97 Å². The predicted molar refractivity (Wildman–Crippen MR) is 73.5 cm³/mol. The summed E-state index contributed by atoms with van der Waals surface area (Å²) in [6.45, 7) is 4.18. The number of esters is 1. The number of aromatic nitrogens is 3. The predicted octanol–water partition coefficient (Wildman–Crippen LogP) is 1.67. The quantitative estimate of drug-likeness (QED) is 0.797. The molecule has 1 saturated heterocycles. The SMILES string of the molecule is CCN1CCCC1c1nnc2cccc(C(=O)OC)n12. The molecule has 1 aliphatic heterocycles. The van der Waals surface area contributed by atoms with Crippen LogP contribution in [-0.4, -0.2) is 45.7 Å². The molecule has 0 radical (unpaired) electrons. The zero-order valence-corrected chi connectivity index (χ0v) is 11.7. The number of pyridine rings is 1. The lowest BCUT2D eigenvalue weighted by atomic mass is 10.2. The topological polar surface area (TPSA) is 59.7 Å². The largest absolute Gasteiger partial charge is 0.464 e. The van der Waals surface area contributed by atoms with Gasteiger partial charge in [-0.3, -0.25) is 9.30 Å². The maximum Gasteiger partial charge on any atom is 0.355 e. The summed E-state index contributed by atoms with van der Waals surface area (Å²) in [7, 11) is 1.39. The molecule has 6 nitrogen and oxygen atoms in total. The number of carbonyl (C=O) groups excluding carboxylic acids is 1. The van der Waals surface area contributed by atoms with Gasteiger partial charge in [-0.1, -0.05) is 13.0 Å². The van der Waals surface area contributed by atoms with Crippen molar-refractivity contribution in [2.75, 3.05) is 20.2 Å². The average molecular weight is 274 g/mol. The van der Waals surface area contributed by atoms with Gasteiger partial charge in [-0.15, -0.1) is 10.2 Å². The summed E-state index contributed by atoms with van der Waals surface area (Å²) in [6.07, 6.45) is 2.19. The lowest BCUT2D eigenvalue weighted by Gasteiger charge is -2.21. The van der Waals surface area contributed by atoms with Crippen molar-refractivity contribution in [3.8, 4) is 0 Å². The third-order valence-corrected chi connectivity index (χ3v) is 3.92. The van der Waals surface area contributed by atoms with Gasteiger partial charge in [0.25, 0.3) is 0 Å². The fraction of sp³-hybridized carbons (Fsp3) is 0.500. The van der Waals surface area contributed by atoms with Gasteiger partial charge in [-0.05, 0) is 38.1 Å². The van der Waals surface area contributed by atoms with Crippen LogP contribution in [0.3, 0.4) is 0 Å². The van der Waals surface area contributed by atoms with Gasteiger partial charge < -0.3 is 4.74 Å². The van der Waals surface area contributed by atoms with E-state index in [-0.39, 0.29) is 12.0 Å². The molecule has 0 spiro atoms. The molecular weight excluding hydrogens is 256 g/mol. The van der Waals surface area contributed by atoms with Gasteiger partial charge in [0.05, 0.1) is 13.2 Å². The number of rotatable bonds is 3. The van der Waals surface area contributed by atoms with Crippen molar-refractivity contribution in [1.82, 2.24) is 19.5 Å². The van der Waals surface area contributed by atoms with Crippen LogP contribution in [-0.2, 0) is 4.74 Å². The second-order valence-electron chi connectivity index (χ2n) is 4.94. The molecule has 0 aromatic carbocycles. The Hall–Kier alpha value is -1.95. The van der Waals surface area contributed by atoms with E-state index < -0.39 is 0 Å². The van der Waals surface area contributed by atoms with Crippen LogP contribution in [0.5, 0.6) is 0 Å². The molecule has 20 heavy (non-hydrogen) atoms. The van der Waals surface area contributed by atoms with Crippen LogP contribution in [0, 0.1) is 0 Å². The summed E-state index contributed by atoms with van der Waals surface area (Å²) in [5.41, 5.74) is 1.17. The van der Waals surface area contributed by atoms with Gasteiger partial charge in [0, 0.05) is 0 Å². The number of hydrogen-bond acceptors (Lipinski definition) is 5. The molecule has 3 rings (SSSR count). The van der Waals surface area contributed by atoms with Crippen molar-refractivity contribution in [2.45, 2.75) is 25.8 Å². The molecule has 3 heterocycles. The van der Waals surface area contributed by atoms with E-state index in [1.54, 1.807) is 12.1 Å². The van der Waals surface area contributed by atoms with Crippen LogP contribution in [0.1, 0.15) is 42.1 Å². The van der Waals surface area contributed by atoms with Gasteiger partial charge in [-0.25, -0.2) is 4.79 Å². The van der Waals surface area contributed by atoms with Crippen molar-refractivity contribution in [1.29, 1.82) is 0 Å². The maximum atomic E-state index is 11.9. The van der Waals surface area contributed by atoms with Crippen LogP contribution >= 0.6 is 0 Å². The van der Waals surface area contributed by atoms with E-state index in [4.69, 9.17) is 4.74 Å². The van der Waals surface area contributed by atoms with Crippen LogP contribution in [0.15, 0.2) is 18.2 Å². The number of fused-ring (bicyclic) bond motifs is 1. The number of methoxy groups -OCH3 is 1. The number of hydrogen-bond donors (Lipinski definition) is 0. The average Bonchev–Trinajstić information content (AvgIpc) is 3.11. The first-order valence-corrected chi connectivity index (χ1v) is 6.92. The summed E-state index contributed by atoms with van der Waals surface area (Å²) in [5, 5.41) is 8.50. The molecule has 0 amide bonds. The Bertz CT molecular complexity index is 637. The summed E-state index contributed by atoms with van der Waals surface area (Å²) in [5.74, 6) is 0.470. The highest BCUT2D eigenvalue weighted by Crippen LogP contribution is 2.31. The molecule has 1 unspecified atom stereocenters. The number of nitrogens with zero attached hydrogens (tertiary/aromatic N) is 4. The van der Waals surface area contributed by atoms with E-state index in [0.29, 0.717) is 11.3 Å². The van der Waals surface area contributed by atoms with Crippen molar-refractivity contribution >= 4 is 11.6 Å². The van der Waals surface area contributed by atoms with Gasteiger partial charge in [0.2, 0.25) is 0 Å². The molecule has 1 atom stereocenters. The smallest absolute Gasteiger partial charge is 0.355 e. The van der Waals surface area contributed by atoms with E-state index in [0.717, 1.165) is 31.8 Å². The molecule has 1 fully saturated rings. The Balaban J connectivity index is 2.14. The standard InChI is InChI=1S/C14H18N4O2/c1-3-17-9-5-7-10(17)13-16-15-12-8-4-6-11(18(12)13)14(19)20-2/h4,6,8,10H,3,5,7,9H2,1-2H3. The minimum absolute atomic E-state index is 0.223. The van der Waals surface area contributed by atoms with Crippen LogP contribution in [0.4, 0.5) is 0 Å².